The number of rotatable bonds is 5. The molecule has 2 aromatic carbocycles. The van der Waals surface area contributed by atoms with Gasteiger partial charge in [-0.3, -0.25) is 9.59 Å². The number of nitrogens with zero attached hydrogens (tertiary/aromatic N) is 2. The highest BCUT2D eigenvalue weighted by Gasteiger charge is 2.27. The van der Waals surface area contributed by atoms with Crippen molar-refractivity contribution in [2.75, 3.05) is 13.1 Å². The maximum atomic E-state index is 12.8. The summed E-state index contributed by atoms with van der Waals surface area (Å²) in [5.41, 5.74) is 4.02. The fraction of sp³-hybridized carbons (Fsp3) is 0.375. The minimum Gasteiger partial charge on any atom is -0.342 e. The maximum absolute atomic E-state index is 12.8. The van der Waals surface area contributed by atoms with Crippen molar-refractivity contribution in [2.24, 2.45) is 0 Å². The first-order valence-electron chi connectivity index (χ1n) is 10.2. The largest absolute Gasteiger partial charge is 0.342 e. The minimum absolute atomic E-state index is 0.0428. The molecular formula is C24H26N2O2S. The van der Waals surface area contributed by atoms with E-state index in [4.69, 9.17) is 4.98 Å². The van der Waals surface area contributed by atoms with Gasteiger partial charge < -0.3 is 4.90 Å². The number of hydrogen-bond acceptors (Lipinski definition) is 4. The Kier molecular flexibility index (Phi) is 5.76. The molecule has 1 aliphatic rings. The average molecular weight is 407 g/mol. The number of para-hydroxylation sites is 1. The molecule has 1 amide bonds. The highest BCUT2D eigenvalue weighted by molar-refractivity contribution is 7.18. The normalized spacial score (nSPS) is 16.9. The molecule has 150 valence electrons. The van der Waals surface area contributed by atoms with E-state index in [1.165, 1.54) is 10.3 Å². The number of amides is 1. The smallest absolute Gasteiger partial charge is 0.223 e. The highest BCUT2D eigenvalue weighted by atomic mass is 32.1. The summed E-state index contributed by atoms with van der Waals surface area (Å²) in [6.07, 6.45) is 2.59. The van der Waals surface area contributed by atoms with E-state index in [0.29, 0.717) is 18.0 Å². The number of ketones is 1. The van der Waals surface area contributed by atoms with Crippen molar-refractivity contribution < 1.29 is 9.59 Å². The molecule has 4 rings (SSSR count). The van der Waals surface area contributed by atoms with E-state index in [0.717, 1.165) is 35.5 Å². The number of likely N-dealkylation sites (tertiary alicyclic amines) is 1. The summed E-state index contributed by atoms with van der Waals surface area (Å²) in [5.74, 6) is 0.412. The quantitative estimate of drug-likeness (QED) is 0.542. The third-order valence-electron chi connectivity index (χ3n) is 5.83. The Hall–Kier alpha value is -2.53. The second-order valence-electron chi connectivity index (χ2n) is 7.92. The Bertz CT molecular complexity index is 1020. The van der Waals surface area contributed by atoms with Crippen LogP contribution < -0.4 is 0 Å². The monoisotopic (exact) mass is 406 g/mol. The first-order chi connectivity index (χ1) is 14.0. The lowest BCUT2D eigenvalue weighted by molar-refractivity contribution is -0.132. The second-order valence-corrected chi connectivity index (χ2v) is 8.98. The van der Waals surface area contributed by atoms with Gasteiger partial charge in [0, 0.05) is 37.4 Å². The standard InChI is InChI=1S/C24H26N2O2S/c1-16-9-10-18(14-17(16)2)21(27)11-12-23(28)26-13-5-6-19(15-26)24-25-20-7-3-4-8-22(20)29-24/h3-4,7-10,14,19H,5-6,11-13,15H2,1-2H3/t19-/m0/s1. The Labute approximate surface area is 175 Å². The number of Topliss-reactive ketones (excluding diaryl/α,β-unsaturated/α-hetero) is 1. The summed E-state index contributed by atoms with van der Waals surface area (Å²) < 4.78 is 1.20. The molecule has 0 bridgehead atoms. The molecule has 1 aliphatic heterocycles. The lowest BCUT2D eigenvalue weighted by Gasteiger charge is -2.32. The van der Waals surface area contributed by atoms with Gasteiger partial charge in [0.05, 0.1) is 15.2 Å². The third kappa shape index (κ3) is 4.40. The van der Waals surface area contributed by atoms with Gasteiger partial charge in [-0.05, 0) is 56.0 Å². The average Bonchev–Trinajstić information content (AvgIpc) is 3.18. The van der Waals surface area contributed by atoms with Crippen molar-refractivity contribution in [3.8, 4) is 0 Å². The van der Waals surface area contributed by atoms with Crippen molar-refractivity contribution >= 4 is 33.2 Å². The van der Waals surface area contributed by atoms with E-state index < -0.39 is 0 Å². The number of piperidine rings is 1. The Morgan fingerprint density at radius 3 is 2.72 bits per heavy atom. The SMILES string of the molecule is Cc1ccc(C(=O)CCC(=O)N2CCC[C@H](c3nc4ccccc4s3)C2)cc1C. The first-order valence-corrected chi connectivity index (χ1v) is 11.1. The summed E-state index contributed by atoms with van der Waals surface area (Å²) in [7, 11) is 0. The fourth-order valence-electron chi connectivity index (χ4n) is 3.91. The van der Waals surface area contributed by atoms with E-state index in [-0.39, 0.29) is 24.5 Å². The van der Waals surface area contributed by atoms with Crippen LogP contribution in [-0.2, 0) is 4.79 Å². The Morgan fingerprint density at radius 1 is 1.10 bits per heavy atom. The van der Waals surface area contributed by atoms with Crippen LogP contribution in [0.5, 0.6) is 0 Å². The van der Waals surface area contributed by atoms with Gasteiger partial charge in [-0.1, -0.05) is 24.3 Å². The second kappa shape index (κ2) is 8.46. The molecule has 29 heavy (non-hydrogen) atoms. The molecule has 0 aliphatic carbocycles. The van der Waals surface area contributed by atoms with Gasteiger partial charge in [0.15, 0.2) is 5.78 Å². The predicted molar refractivity (Wildman–Crippen MR) is 118 cm³/mol. The van der Waals surface area contributed by atoms with Crippen LogP contribution >= 0.6 is 11.3 Å². The van der Waals surface area contributed by atoms with Crippen LogP contribution in [0.1, 0.15) is 58.1 Å². The number of carbonyl (C=O) groups is 2. The molecule has 5 heteroatoms. The molecule has 4 nitrogen and oxygen atoms in total. The molecule has 0 unspecified atom stereocenters. The van der Waals surface area contributed by atoms with E-state index in [2.05, 4.69) is 6.07 Å². The molecule has 1 atom stereocenters. The molecular weight excluding hydrogens is 380 g/mol. The maximum Gasteiger partial charge on any atom is 0.223 e. The summed E-state index contributed by atoms with van der Waals surface area (Å²) in [6.45, 7) is 5.52. The van der Waals surface area contributed by atoms with Gasteiger partial charge in [-0.25, -0.2) is 4.98 Å². The molecule has 2 heterocycles. The molecule has 0 N–H and O–H groups in total. The molecule has 1 saturated heterocycles. The summed E-state index contributed by atoms with van der Waals surface area (Å²) in [4.78, 5) is 32.0. The zero-order valence-corrected chi connectivity index (χ0v) is 17.8. The van der Waals surface area contributed by atoms with E-state index >= 15 is 0 Å². The van der Waals surface area contributed by atoms with Crippen LogP contribution in [0.4, 0.5) is 0 Å². The molecule has 0 radical (unpaired) electrons. The third-order valence-corrected chi connectivity index (χ3v) is 7.03. The zero-order chi connectivity index (χ0) is 20.4. The predicted octanol–water partition coefficient (Wildman–Crippen LogP) is 5.28. The number of benzene rings is 2. The minimum atomic E-state index is 0.0428. The highest BCUT2D eigenvalue weighted by Crippen LogP contribution is 2.33. The summed E-state index contributed by atoms with van der Waals surface area (Å²) >= 11 is 1.73. The van der Waals surface area contributed by atoms with Crippen LogP contribution in [0, 0.1) is 13.8 Å². The van der Waals surface area contributed by atoms with Crippen LogP contribution in [0.3, 0.4) is 0 Å². The van der Waals surface area contributed by atoms with E-state index in [1.807, 2.05) is 55.1 Å². The van der Waals surface area contributed by atoms with Gasteiger partial charge in [0.1, 0.15) is 0 Å². The number of hydrogen-bond donors (Lipinski definition) is 0. The number of aryl methyl sites for hydroxylation is 2. The van der Waals surface area contributed by atoms with Crippen LogP contribution in [0.15, 0.2) is 42.5 Å². The Morgan fingerprint density at radius 2 is 1.93 bits per heavy atom. The fourth-order valence-corrected chi connectivity index (χ4v) is 5.00. The van der Waals surface area contributed by atoms with Gasteiger partial charge >= 0.3 is 0 Å². The van der Waals surface area contributed by atoms with Crippen LogP contribution in [-0.4, -0.2) is 34.7 Å². The molecule has 1 fully saturated rings. The van der Waals surface area contributed by atoms with Gasteiger partial charge in [0.2, 0.25) is 5.91 Å². The van der Waals surface area contributed by atoms with Crippen molar-refractivity contribution in [1.29, 1.82) is 0 Å². The van der Waals surface area contributed by atoms with Gasteiger partial charge in [0.25, 0.3) is 0 Å². The topological polar surface area (TPSA) is 50.3 Å². The number of thiazole rings is 1. The lowest BCUT2D eigenvalue weighted by atomic mass is 9.97. The lowest BCUT2D eigenvalue weighted by Crippen LogP contribution is -2.39. The molecule has 3 aromatic rings. The van der Waals surface area contributed by atoms with Crippen molar-refractivity contribution in [2.45, 2.75) is 45.4 Å². The van der Waals surface area contributed by atoms with Crippen LogP contribution in [0.2, 0.25) is 0 Å². The van der Waals surface area contributed by atoms with Gasteiger partial charge in [-0.15, -0.1) is 11.3 Å². The number of aromatic nitrogens is 1. The zero-order valence-electron chi connectivity index (χ0n) is 17.0. The number of fused-ring (bicyclic) bond motifs is 1. The van der Waals surface area contributed by atoms with E-state index in [9.17, 15) is 9.59 Å². The van der Waals surface area contributed by atoms with Crippen molar-refractivity contribution in [3.05, 3.63) is 64.2 Å². The Balaban J connectivity index is 1.37. The van der Waals surface area contributed by atoms with Crippen molar-refractivity contribution in [3.63, 3.8) is 0 Å². The van der Waals surface area contributed by atoms with Gasteiger partial charge in [-0.2, -0.15) is 0 Å². The first kappa shape index (κ1) is 19.8. The summed E-state index contributed by atoms with van der Waals surface area (Å²) in [5, 5.41) is 1.12. The van der Waals surface area contributed by atoms with E-state index in [1.54, 1.807) is 11.3 Å². The molecule has 0 saturated carbocycles. The van der Waals surface area contributed by atoms with Crippen LogP contribution in [0.25, 0.3) is 10.2 Å². The number of carbonyl (C=O) groups excluding carboxylic acids is 2. The molecule has 1 aromatic heterocycles. The summed E-state index contributed by atoms with van der Waals surface area (Å²) in [6, 6.07) is 13.9. The molecule has 0 spiro atoms. The van der Waals surface area contributed by atoms with Crippen molar-refractivity contribution in [1.82, 2.24) is 9.88 Å².